The fourth-order valence-electron chi connectivity index (χ4n) is 3.47. The van der Waals surface area contributed by atoms with Crippen LogP contribution in [0, 0.1) is 24.0 Å². The number of nitrogens with zero attached hydrogens (tertiary/aromatic N) is 2. The van der Waals surface area contributed by atoms with Crippen LogP contribution in [-0.4, -0.2) is 16.0 Å². The van der Waals surface area contributed by atoms with E-state index in [9.17, 15) is 13.6 Å². The fraction of sp³-hybridized carbons (Fsp3) is 0.227. The standard InChI is InChI=1S/C22H16Cl2F2N2O3/c1-2-9-30-19-10-13(25)5-6-17(19)31-18-11-14(16(26)12-15(18)23)20-21(24)27-7-3-4-8-28(27)22(20)29/h1,5-6,10-12H,3-4,7-9H2. The minimum Gasteiger partial charge on any atom is -0.477 e. The molecule has 0 bridgehead atoms. The van der Waals surface area contributed by atoms with Gasteiger partial charge < -0.3 is 9.47 Å². The number of fused-ring (bicyclic) bond motifs is 1. The first-order valence-corrected chi connectivity index (χ1v) is 10.2. The number of terminal acetylenes is 1. The Bertz CT molecular complexity index is 1260. The molecule has 2 aromatic carbocycles. The summed E-state index contributed by atoms with van der Waals surface area (Å²) in [6, 6.07) is 5.94. The number of rotatable bonds is 5. The quantitative estimate of drug-likeness (QED) is 0.468. The van der Waals surface area contributed by atoms with Crippen molar-refractivity contribution in [3.8, 4) is 40.7 Å². The molecule has 0 unspecified atom stereocenters. The number of hydrogen-bond donors (Lipinski definition) is 0. The summed E-state index contributed by atoms with van der Waals surface area (Å²) in [6.45, 7) is 0.964. The number of aromatic nitrogens is 2. The van der Waals surface area contributed by atoms with Crippen molar-refractivity contribution in [2.45, 2.75) is 25.9 Å². The zero-order valence-electron chi connectivity index (χ0n) is 16.1. The predicted octanol–water partition coefficient (Wildman–Crippen LogP) is 5.50. The number of benzene rings is 2. The van der Waals surface area contributed by atoms with Crippen molar-refractivity contribution in [1.29, 1.82) is 0 Å². The zero-order chi connectivity index (χ0) is 22.1. The molecule has 9 heteroatoms. The van der Waals surface area contributed by atoms with Crippen LogP contribution in [0.3, 0.4) is 0 Å². The lowest BCUT2D eigenvalue weighted by atomic mass is 10.1. The molecule has 2 heterocycles. The third-order valence-corrected chi connectivity index (χ3v) is 5.57. The highest BCUT2D eigenvalue weighted by atomic mass is 35.5. The lowest BCUT2D eigenvalue weighted by molar-refractivity contribution is 0.343. The Balaban J connectivity index is 1.79. The molecule has 1 aliphatic rings. The first kappa shape index (κ1) is 21.3. The van der Waals surface area contributed by atoms with Crippen LogP contribution in [0.2, 0.25) is 10.2 Å². The van der Waals surface area contributed by atoms with Gasteiger partial charge in [0.1, 0.15) is 29.1 Å². The summed E-state index contributed by atoms with van der Waals surface area (Å²) >= 11 is 12.6. The zero-order valence-corrected chi connectivity index (χ0v) is 17.6. The van der Waals surface area contributed by atoms with Gasteiger partial charge in [0, 0.05) is 24.7 Å². The summed E-state index contributed by atoms with van der Waals surface area (Å²) in [6.07, 6.45) is 6.90. The average molecular weight is 465 g/mol. The highest BCUT2D eigenvalue weighted by Gasteiger charge is 2.25. The van der Waals surface area contributed by atoms with Crippen LogP contribution < -0.4 is 15.0 Å². The Kier molecular flexibility index (Phi) is 5.94. The van der Waals surface area contributed by atoms with E-state index in [1.807, 2.05) is 0 Å². The molecular formula is C22H16Cl2F2N2O3. The van der Waals surface area contributed by atoms with Crippen LogP contribution >= 0.6 is 23.2 Å². The van der Waals surface area contributed by atoms with Crippen molar-refractivity contribution < 1.29 is 18.3 Å². The molecular weight excluding hydrogens is 449 g/mol. The molecule has 31 heavy (non-hydrogen) atoms. The molecule has 5 nitrogen and oxygen atoms in total. The SMILES string of the molecule is C#CCOc1cc(F)ccc1Oc1cc(-c2c(Cl)n3n(c2=O)CCCC3)c(F)cc1Cl. The number of ether oxygens (including phenoxy) is 2. The molecule has 0 atom stereocenters. The Morgan fingerprint density at radius 1 is 1.03 bits per heavy atom. The summed E-state index contributed by atoms with van der Waals surface area (Å²) in [5.74, 6) is 1.23. The molecule has 4 rings (SSSR count). The number of hydrogen-bond acceptors (Lipinski definition) is 3. The van der Waals surface area contributed by atoms with E-state index >= 15 is 0 Å². The monoisotopic (exact) mass is 464 g/mol. The Morgan fingerprint density at radius 3 is 2.48 bits per heavy atom. The normalized spacial score (nSPS) is 12.9. The van der Waals surface area contributed by atoms with Crippen LogP contribution in [0.5, 0.6) is 17.2 Å². The molecule has 0 saturated carbocycles. The van der Waals surface area contributed by atoms with Gasteiger partial charge in [0.25, 0.3) is 5.56 Å². The smallest absolute Gasteiger partial charge is 0.276 e. The topological polar surface area (TPSA) is 45.4 Å². The van der Waals surface area contributed by atoms with Crippen LogP contribution in [0.15, 0.2) is 35.1 Å². The molecule has 0 radical (unpaired) electrons. The summed E-state index contributed by atoms with van der Waals surface area (Å²) in [4.78, 5) is 12.9. The largest absolute Gasteiger partial charge is 0.477 e. The van der Waals surface area contributed by atoms with Gasteiger partial charge in [-0.1, -0.05) is 29.1 Å². The first-order chi connectivity index (χ1) is 14.9. The van der Waals surface area contributed by atoms with Crippen molar-refractivity contribution in [1.82, 2.24) is 9.36 Å². The molecule has 1 aromatic heterocycles. The van der Waals surface area contributed by atoms with Crippen molar-refractivity contribution in [3.05, 3.63) is 62.5 Å². The van der Waals surface area contributed by atoms with Gasteiger partial charge in [0.15, 0.2) is 11.5 Å². The van der Waals surface area contributed by atoms with E-state index in [-0.39, 0.29) is 45.2 Å². The van der Waals surface area contributed by atoms with Gasteiger partial charge in [0.05, 0.1) is 10.6 Å². The summed E-state index contributed by atoms with van der Waals surface area (Å²) in [7, 11) is 0. The molecule has 0 aliphatic carbocycles. The summed E-state index contributed by atoms with van der Waals surface area (Å²) in [5, 5.41) is 0.102. The van der Waals surface area contributed by atoms with Gasteiger partial charge >= 0.3 is 0 Å². The van der Waals surface area contributed by atoms with Crippen molar-refractivity contribution in [2.75, 3.05) is 6.61 Å². The van der Waals surface area contributed by atoms with Gasteiger partial charge in [0.2, 0.25) is 0 Å². The van der Waals surface area contributed by atoms with E-state index in [0.29, 0.717) is 13.1 Å². The second kappa shape index (κ2) is 8.66. The summed E-state index contributed by atoms with van der Waals surface area (Å²) in [5.41, 5.74) is -0.404. The van der Waals surface area contributed by atoms with E-state index in [1.54, 1.807) is 4.68 Å². The third kappa shape index (κ3) is 4.01. The maximum absolute atomic E-state index is 14.8. The van der Waals surface area contributed by atoms with Gasteiger partial charge in [-0.2, -0.15) is 0 Å². The summed E-state index contributed by atoms with van der Waals surface area (Å²) < 4.78 is 42.7. The highest BCUT2D eigenvalue weighted by Crippen LogP contribution is 2.40. The van der Waals surface area contributed by atoms with Gasteiger partial charge in [-0.05, 0) is 37.1 Å². The Hall–Kier alpha value is -2.95. The maximum atomic E-state index is 14.8. The molecule has 0 amide bonds. The molecule has 0 spiro atoms. The second-order valence-corrected chi connectivity index (χ2v) is 7.64. The molecule has 1 aliphatic heterocycles. The van der Waals surface area contributed by atoms with E-state index in [0.717, 1.165) is 25.0 Å². The molecule has 0 N–H and O–H groups in total. The Morgan fingerprint density at radius 2 is 1.77 bits per heavy atom. The van der Waals surface area contributed by atoms with Crippen LogP contribution in [-0.2, 0) is 13.1 Å². The van der Waals surface area contributed by atoms with Gasteiger partial charge in [-0.15, -0.1) is 6.42 Å². The molecule has 0 fully saturated rings. The van der Waals surface area contributed by atoms with Crippen molar-refractivity contribution >= 4 is 23.2 Å². The second-order valence-electron chi connectivity index (χ2n) is 6.87. The Labute approximate surface area is 186 Å². The lowest BCUT2D eigenvalue weighted by Crippen LogP contribution is -2.27. The molecule has 0 saturated heterocycles. The predicted molar refractivity (Wildman–Crippen MR) is 114 cm³/mol. The fourth-order valence-corrected chi connectivity index (χ4v) is 4.02. The first-order valence-electron chi connectivity index (χ1n) is 9.43. The average Bonchev–Trinajstić information content (AvgIpc) is 3.00. The molecule has 160 valence electrons. The van der Waals surface area contributed by atoms with E-state index in [2.05, 4.69) is 5.92 Å². The van der Waals surface area contributed by atoms with E-state index in [4.69, 9.17) is 39.1 Å². The number of halogens is 4. The lowest BCUT2D eigenvalue weighted by Gasteiger charge is -2.17. The van der Waals surface area contributed by atoms with Gasteiger partial charge in [-0.3, -0.25) is 9.48 Å². The minimum atomic E-state index is -0.720. The van der Waals surface area contributed by atoms with E-state index < -0.39 is 17.2 Å². The van der Waals surface area contributed by atoms with Gasteiger partial charge in [-0.25, -0.2) is 13.5 Å². The highest BCUT2D eigenvalue weighted by molar-refractivity contribution is 6.33. The molecule has 3 aromatic rings. The van der Waals surface area contributed by atoms with Crippen molar-refractivity contribution in [3.63, 3.8) is 0 Å². The van der Waals surface area contributed by atoms with Crippen LogP contribution in [0.25, 0.3) is 11.1 Å². The maximum Gasteiger partial charge on any atom is 0.276 e. The third-order valence-electron chi connectivity index (χ3n) is 4.89. The van der Waals surface area contributed by atoms with Crippen molar-refractivity contribution in [2.24, 2.45) is 0 Å². The van der Waals surface area contributed by atoms with E-state index in [1.165, 1.54) is 22.9 Å². The minimum absolute atomic E-state index is 0.0329. The van der Waals surface area contributed by atoms with Crippen LogP contribution in [0.1, 0.15) is 12.8 Å². The van der Waals surface area contributed by atoms with Crippen LogP contribution in [0.4, 0.5) is 8.78 Å².